The van der Waals surface area contributed by atoms with Crippen molar-refractivity contribution >= 4 is 45.4 Å². The van der Waals surface area contributed by atoms with Crippen molar-refractivity contribution in [1.82, 2.24) is 18.4 Å². The number of fused-ring (bicyclic) bond motifs is 4. The predicted octanol–water partition coefficient (Wildman–Crippen LogP) is 5.63. The van der Waals surface area contributed by atoms with Crippen LogP contribution in [0.2, 0.25) is 0 Å². The van der Waals surface area contributed by atoms with Gasteiger partial charge in [0.1, 0.15) is 0 Å². The standard InChI is InChI=1S/C20H28N6P2S2/c1-23(2)27(5)25(21-19(29-27)17-13-9-7-10-14-17)28(6,24(3)4)26(27)22-20(30-28)18-15-11-8-12-16-18/h7-16H,1-6H3. The maximum atomic E-state index is 5.34. The van der Waals surface area contributed by atoms with Gasteiger partial charge in [-0.25, -0.2) is 0 Å². The van der Waals surface area contributed by atoms with E-state index >= 15 is 0 Å². The average molecular weight is 479 g/mol. The molecular weight excluding hydrogens is 450 g/mol. The fourth-order valence-electron chi connectivity index (χ4n) is 4.41. The zero-order valence-corrected chi connectivity index (χ0v) is 21.6. The molecule has 3 heterocycles. The van der Waals surface area contributed by atoms with Crippen LogP contribution in [-0.2, 0) is 0 Å². The Balaban J connectivity index is 1.71. The van der Waals surface area contributed by atoms with Gasteiger partial charge in [-0.3, -0.25) is 0 Å². The molecule has 0 aromatic heterocycles. The van der Waals surface area contributed by atoms with E-state index in [4.69, 9.17) is 10.2 Å². The monoisotopic (exact) mass is 478 g/mol. The molecule has 0 spiro atoms. The number of hydrazone groups is 2. The SMILES string of the molecule is CN(C)P12(C)SC(c3ccccc3)=NN1P1(C)(N(C)C)SC(c3ccccc3)=NN21. The van der Waals surface area contributed by atoms with Gasteiger partial charge in [-0.1, -0.05) is 0 Å². The van der Waals surface area contributed by atoms with Crippen molar-refractivity contribution in [3.63, 3.8) is 0 Å². The van der Waals surface area contributed by atoms with Crippen LogP contribution >= 0.6 is 35.3 Å². The van der Waals surface area contributed by atoms with Crippen molar-refractivity contribution in [1.29, 1.82) is 0 Å². The molecule has 0 aliphatic carbocycles. The van der Waals surface area contributed by atoms with Gasteiger partial charge in [0.2, 0.25) is 0 Å². The van der Waals surface area contributed by atoms with E-state index in [9.17, 15) is 0 Å². The summed E-state index contributed by atoms with van der Waals surface area (Å²) in [7, 11) is 8.71. The van der Waals surface area contributed by atoms with Crippen LogP contribution in [-0.4, -0.2) is 70.0 Å². The molecule has 1 saturated heterocycles. The molecule has 5 rings (SSSR count). The topological polar surface area (TPSA) is 37.7 Å². The zero-order chi connectivity index (χ0) is 21.4. The Morgan fingerprint density at radius 2 is 0.967 bits per heavy atom. The number of rotatable bonds is 4. The quantitative estimate of drug-likeness (QED) is 0.530. The molecule has 10 heteroatoms. The van der Waals surface area contributed by atoms with Crippen LogP contribution in [0.3, 0.4) is 0 Å². The number of benzene rings is 2. The van der Waals surface area contributed by atoms with Gasteiger partial charge in [0.15, 0.2) is 0 Å². The van der Waals surface area contributed by atoms with E-state index in [-0.39, 0.29) is 0 Å². The molecule has 6 nitrogen and oxygen atoms in total. The van der Waals surface area contributed by atoms with E-state index in [1.165, 1.54) is 11.1 Å². The van der Waals surface area contributed by atoms with Crippen molar-refractivity contribution in [3.8, 4) is 0 Å². The Bertz CT molecular complexity index is 993. The van der Waals surface area contributed by atoms with Crippen molar-refractivity contribution in [3.05, 3.63) is 71.8 Å². The second-order valence-electron chi connectivity index (χ2n) is 8.55. The van der Waals surface area contributed by atoms with E-state index < -0.39 is 12.5 Å². The van der Waals surface area contributed by atoms with E-state index in [1.54, 1.807) is 0 Å². The van der Waals surface area contributed by atoms with E-state index in [0.29, 0.717) is 0 Å². The Morgan fingerprint density at radius 1 is 0.633 bits per heavy atom. The molecule has 3 aliphatic heterocycles. The number of nitrogens with zero attached hydrogens (tertiary/aromatic N) is 6. The molecule has 0 N–H and O–H groups in total. The third kappa shape index (κ3) is 2.18. The van der Waals surface area contributed by atoms with E-state index in [2.05, 4.69) is 121 Å². The van der Waals surface area contributed by atoms with Gasteiger partial charge in [0.05, 0.1) is 0 Å². The minimum absolute atomic E-state index is 1.09. The van der Waals surface area contributed by atoms with Gasteiger partial charge in [-0.2, -0.15) is 0 Å². The van der Waals surface area contributed by atoms with Crippen LogP contribution < -0.4 is 0 Å². The third-order valence-corrected chi connectivity index (χ3v) is 29.7. The normalized spacial score (nSPS) is 27.1. The summed E-state index contributed by atoms with van der Waals surface area (Å²) in [4.78, 5) is 0. The molecule has 0 bridgehead atoms. The number of hydrogen-bond acceptors (Lipinski definition) is 8. The molecule has 160 valence electrons. The van der Waals surface area contributed by atoms with Crippen LogP contribution in [0.4, 0.5) is 0 Å². The molecule has 30 heavy (non-hydrogen) atoms. The molecule has 0 saturated carbocycles. The summed E-state index contributed by atoms with van der Waals surface area (Å²) in [5, 5.41) is 12.8. The Labute approximate surface area is 187 Å². The Hall–Kier alpha value is -1.14. The Morgan fingerprint density at radius 3 is 1.27 bits per heavy atom. The summed E-state index contributed by atoms with van der Waals surface area (Å²) < 4.78 is 9.75. The third-order valence-electron chi connectivity index (χ3n) is 6.49. The summed E-state index contributed by atoms with van der Waals surface area (Å²) in [6.45, 7) is 4.76. The van der Waals surface area contributed by atoms with E-state index in [0.717, 1.165) is 10.1 Å². The molecule has 2 aromatic carbocycles. The summed E-state index contributed by atoms with van der Waals surface area (Å²) in [5.74, 6) is 0. The molecule has 0 unspecified atom stereocenters. The molecule has 0 atom stereocenters. The van der Waals surface area contributed by atoms with Crippen molar-refractivity contribution < 1.29 is 0 Å². The first kappa shape index (κ1) is 20.7. The van der Waals surface area contributed by atoms with Gasteiger partial charge in [0, 0.05) is 0 Å². The van der Waals surface area contributed by atoms with Crippen LogP contribution in [0, 0.1) is 0 Å². The first-order valence-electron chi connectivity index (χ1n) is 9.83. The molecule has 1 fully saturated rings. The van der Waals surface area contributed by atoms with Crippen LogP contribution in [0.15, 0.2) is 70.9 Å². The van der Waals surface area contributed by atoms with Crippen LogP contribution in [0.1, 0.15) is 11.1 Å². The molecule has 0 amide bonds. The van der Waals surface area contributed by atoms with Gasteiger partial charge in [0.25, 0.3) is 0 Å². The summed E-state index contributed by atoms with van der Waals surface area (Å²) in [5.41, 5.74) is 2.34. The summed E-state index contributed by atoms with van der Waals surface area (Å²) in [6.07, 6.45) is -5.66. The average Bonchev–Trinajstić information content (AvgIpc) is 3.23. The summed E-state index contributed by atoms with van der Waals surface area (Å²) in [6, 6.07) is 21.1. The minimum atomic E-state index is -2.83. The van der Waals surface area contributed by atoms with Crippen molar-refractivity contribution in [2.24, 2.45) is 10.2 Å². The fourth-order valence-corrected chi connectivity index (χ4v) is 33.5. The molecule has 0 radical (unpaired) electrons. The van der Waals surface area contributed by atoms with Crippen LogP contribution in [0.5, 0.6) is 0 Å². The van der Waals surface area contributed by atoms with Crippen LogP contribution in [0.25, 0.3) is 0 Å². The first-order valence-corrected chi connectivity index (χ1v) is 17.8. The van der Waals surface area contributed by atoms with Gasteiger partial charge >= 0.3 is 187 Å². The predicted molar refractivity (Wildman–Crippen MR) is 138 cm³/mol. The number of hydrogen-bond donors (Lipinski definition) is 0. The molecular formula is C20H28N6P2S2. The second kappa shape index (κ2) is 6.22. The fraction of sp³-hybridized carbons (Fsp3) is 0.300. The second-order valence-corrected chi connectivity index (χ2v) is 24.8. The van der Waals surface area contributed by atoms with Crippen molar-refractivity contribution in [2.75, 3.05) is 41.5 Å². The molecule has 2 aromatic rings. The van der Waals surface area contributed by atoms with Crippen molar-refractivity contribution in [2.45, 2.75) is 0 Å². The van der Waals surface area contributed by atoms with Gasteiger partial charge < -0.3 is 0 Å². The zero-order valence-electron chi connectivity index (χ0n) is 18.2. The Kier molecular flexibility index (Phi) is 4.30. The van der Waals surface area contributed by atoms with Gasteiger partial charge in [-0.05, 0) is 0 Å². The summed E-state index contributed by atoms with van der Waals surface area (Å²) >= 11 is 3.81. The van der Waals surface area contributed by atoms with Gasteiger partial charge in [-0.15, -0.1) is 0 Å². The maximum absolute atomic E-state index is 5.34. The van der Waals surface area contributed by atoms with E-state index in [1.807, 2.05) is 22.8 Å². The molecule has 3 aliphatic rings. The first-order chi connectivity index (χ1) is 14.1.